The smallest absolute Gasteiger partial charge is 0.263 e. The van der Waals surface area contributed by atoms with Crippen LogP contribution in [0.5, 0.6) is 5.75 Å². The highest BCUT2D eigenvalue weighted by Gasteiger charge is 2.21. The Hall–Kier alpha value is -3.68. The van der Waals surface area contributed by atoms with E-state index in [1.807, 2.05) is 49.6 Å². The summed E-state index contributed by atoms with van der Waals surface area (Å²) in [4.78, 5) is 19.9. The molecule has 1 fully saturated rings. The van der Waals surface area contributed by atoms with Gasteiger partial charge < -0.3 is 18.7 Å². The Morgan fingerprint density at radius 3 is 2.54 bits per heavy atom. The normalized spacial score (nSPS) is 14.1. The molecule has 0 unspecified atom stereocenters. The average Bonchev–Trinajstić information content (AvgIpc) is 3.35. The van der Waals surface area contributed by atoms with Gasteiger partial charge in [-0.3, -0.25) is 4.79 Å². The molecule has 1 aliphatic heterocycles. The largest absolute Gasteiger partial charge is 0.491 e. The first kappa shape index (κ1) is 23.1. The van der Waals surface area contributed by atoms with E-state index in [0.717, 1.165) is 43.7 Å². The molecule has 5 rings (SSSR count). The molecule has 0 N–H and O–H groups in total. The molecule has 3 heterocycles. The summed E-state index contributed by atoms with van der Waals surface area (Å²) in [7, 11) is 0. The molecular formula is C27H29FN4O3. The van der Waals surface area contributed by atoms with Crippen LogP contribution in [0.4, 0.5) is 10.1 Å². The van der Waals surface area contributed by atoms with E-state index in [0.29, 0.717) is 29.0 Å². The lowest BCUT2D eigenvalue weighted by atomic mass is 10.1. The zero-order chi connectivity index (χ0) is 24.5. The zero-order valence-electron chi connectivity index (χ0n) is 20.3. The molecule has 0 radical (unpaired) electrons. The Balaban J connectivity index is 1.53. The highest BCUT2D eigenvalue weighted by atomic mass is 19.1. The SMILES string of the molecule is CCn1cc(-c2nc(-c3ccc(OC(C)C)cc3)no2)c(=O)c2cc(F)c(N3CCCCC3)cc21. The van der Waals surface area contributed by atoms with Crippen molar-refractivity contribution in [2.24, 2.45) is 0 Å². The maximum Gasteiger partial charge on any atom is 0.263 e. The maximum absolute atomic E-state index is 15.1. The van der Waals surface area contributed by atoms with Gasteiger partial charge in [-0.25, -0.2) is 4.39 Å². The van der Waals surface area contributed by atoms with Crippen molar-refractivity contribution < 1.29 is 13.7 Å². The van der Waals surface area contributed by atoms with Gasteiger partial charge in [0, 0.05) is 36.8 Å². The fraction of sp³-hybridized carbons (Fsp3) is 0.370. The number of hydrogen-bond donors (Lipinski definition) is 0. The number of fused-ring (bicyclic) bond motifs is 1. The van der Waals surface area contributed by atoms with Crippen LogP contribution in [0.25, 0.3) is 33.7 Å². The second-order valence-electron chi connectivity index (χ2n) is 9.14. The number of halogens is 1. The summed E-state index contributed by atoms with van der Waals surface area (Å²) in [5, 5.41) is 4.37. The van der Waals surface area contributed by atoms with Crippen LogP contribution in [-0.2, 0) is 6.54 Å². The number of nitrogens with zero attached hydrogens (tertiary/aromatic N) is 4. The molecular weight excluding hydrogens is 447 g/mol. The lowest BCUT2D eigenvalue weighted by Gasteiger charge is -2.29. The third-order valence-corrected chi connectivity index (χ3v) is 6.33. The predicted octanol–water partition coefficient (Wildman–Crippen LogP) is 5.66. The van der Waals surface area contributed by atoms with Crippen molar-refractivity contribution >= 4 is 16.6 Å². The molecule has 182 valence electrons. The lowest BCUT2D eigenvalue weighted by Crippen LogP contribution is -2.30. The van der Waals surface area contributed by atoms with Crippen LogP contribution >= 0.6 is 0 Å². The van der Waals surface area contributed by atoms with Crippen LogP contribution in [0.1, 0.15) is 40.0 Å². The van der Waals surface area contributed by atoms with Crippen molar-refractivity contribution in [1.82, 2.24) is 14.7 Å². The molecule has 2 aromatic heterocycles. The number of rotatable bonds is 6. The second kappa shape index (κ2) is 9.52. The Morgan fingerprint density at radius 1 is 1.11 bits per heavy atom. The molecule has 0 atom stereocenters. The van der Waals surface area contributed by atoms with E-state index in [9.17, 15) is 4.79 Å². The highest BCUT2D eigenvalue weighted by Crippen LogP contribution is 2.29. The van der Waals surface area contributed by atoms with Crippen molar-refractivity contribution in [3.8, 4) is 28.6 Å². The highest BCUT2D eigenvalue weighted by molar-refractivity contribution is 5.86. The third kappa shape index (κ3) is 4.52. The van der Waals surface area contributed by atoms with Crippen molar-refractivity contribution in [3.05, 3.63) is 58.6 Å². The maximum atomic E-state index is 15.1. The number of aromatic nitrogens is 3. The van der Waals surface area contributed by atoms with Crippen LogP contribution < -0.4 is 15.1 Å². The van der Waals surface area contributed by atoms with E-state index < -0.39 is 0 Å². The molecule has 8 heteroatoms. The van der Waals surface area contributed by atoms with Crippen LogP contribution in [0.3, 0.4) is 0 Å². The molecule has 0 spiro atoms. The first-order valence-corrected chi connectivity index (χ1v) is 12.2. The molecule has 0 aliphatic carbocycles. The van der Waals surface area contributed by atoms with Gasteiger partial charge in [-0.1, -0.05) is 5.16 Å². The summed E-state index contributed by atoms with van der Waals surface area (Å²) in [6, 6.07) is 10.5. The molecule has 4 aromatic rings. The Morgan fingerprint density at radius 2 is 1.86 bits per heavy atom. The minimum Gasteiger partial charge on any atom is -0.491 e. The van der Waals surface area contributed by atoms with Crippen LogP contribution in [0, 0.1) is 5.82 Å². The van der Waals surface area contributed by atoms with Gasteiger partial charge in [0.1, 0.15) is 17.1 Å². The third-order valence-electron chi connectivity index (χ3n) is 6.33. The van der Waals surface area contributed by atoms with E-state index in [-0.39, 0.29) is 28.8 Å². The Bertz CT molecular complexity index is 1400. The summed E-state index contributed by atoms with van der Waals surface area (Å²) in [5.74, 6) is 0.840. The Kier molecular flexibility index (Phi) is 6.28. The monoisotopic (exact) mass is 476 g/mol. The van der Waals surface area contributed by atoms with Crippen molar-refractivity contribution in [3.63, 3.8) is 0 Å². The van der Waals surface area contributed by atoms with E-state index >= 15 is 4.39 Å². The van der Waals surface area contributed by atoms with Gasteiger partial charge in [0.2, 0.25) is 11.3 Å². The van der Waals surface area contributed by atoms with Gasteiger partial charge in [-0.2, -0.15) is 4.98 Å². The van der Waals surface area contributed by atoms with Crippen molar-refractivity contribution in [2.75, 3.05) is 18.0 Å². The minimum atomic E-state index is -0.383. The number of aryl methyl sites for hydroxylation is 1. The van der Waals surface area contributed by atoms with Crippen LogP contribution in [-0.4, -0.2) is 33.9 Å². The first-order chi connectivity index (χ1) is 16.9. The molecule has 0 saturated carbocycles. The fourth-order valence-electron chi connectivity index (χ4n) is 4.60. The number of hydrogen-bond acceptors (Lipinski definition) is 6. The molecule has 7 nitrogen and oxygen atoms in total. The topological polar surface area (TPSA) is 73.4 Å². The van der Waals surface area contributed by atoms with Gasteiger partial charge in [-0.15, -0.1) is 0 Å². The van der Waals surface area contributed by atoms with Gasteiger partial charge >= 0.3 is 0 Å². The number of piperidine rings is 1. The number of pyridine rings is 1. The predicted molar refractivity (Wildman–Crippen MR) is 134 cm³/mol. The van der Waals surface area contributed by atoms with E-state index in [1.165, 1.54) is 6.07 Å². The molecule has 1 saturated heterocycles. The van der Waals surface area contributed by atoms with Crippen LogP contribution in [0.15, 0.2) is 51.9 Å². The number of benzene rings is 2. The van der Waals surface area contributed by atoms with Gasteiger partial charge in [0.05, 0.1) is 17.3 Å². The number of ether oxygens (including phenoxy) is 1. The average molecular weight is 477 g/mol. The van der Waals surface area contributed by atoms with Gasteiger partial charge in [-0.05, 0) is 76.4 Å². The first-order valence-electron chi connectivity index (χ1n) is 12.2. The van der Waals surface area contributed by atoms with Crippen LogP contribution in [0.2, 0.25) is 0 Å². The summed E-state index contributed by atoms with van der Waals surface area (Å²) in [6.07, 6.45) is 5.05. The quantitative estimate of drug-likeness (QED) is 0.358. The van der Waals surface area contributed by atoms with Crippen molar-refractivity contribution in [2.45, 2.75) is 52.7 Å². The second-order valence-corrected chi connectivity index (χ2v) is 9.14. The summed E-state index contributed by atoms with van der Waals surface area (Å²) < 4.78 is 28.2. The van der Waals surface area contributed by atoms with E-state index in [2.05, 4.69) is 15.0 Å². The standard InChI is InChI=1S/C27H29FN4O3/c1-4-31-16-21(27-29-26(30-35-27)18-8-10-19(11-9-18)34-17(2)3)25(33)20-14-22(28)24(15-23(20)31)32-12-6-5-7-13-32/h8-11,14-17H,4-7,12-13H2,1-3H3. The summed E-state index contributed by atoms with van der Waals surface area (Å²) in [6.45, 7) is 8.17. The van der Waals surface area contributed by atoms with E-state index in [4.69, 9.17) is 9.26 Å². The number of anilines is 1. The molecule has 1 aliphatic rings. The lowest BCUT2D eigenvalue weighted by molar-refractivity contribution is 0.242. The van der Waals surface area contributed by atoms with Gasteiger partial charge in [0.15, 0.2) is 0 Å². The Labute approximate surface area is 203 Å². The van der Waals surface area contributed by atoms with E-state index in [1.54, 1.807) is 12.3 Å². The van der Waals surface area contributed by atoms with Crippen molar-refractivity contribution in [1.29, 1.82) is 0 Å². The summed E-state index contributed by atoms with van der Waals surface area (Å²) in [5.41, 5.74) is 1.91. The fourth-order valence-corrected chi connectivity index (χ4v) is 4.60. The molecule has 2 aromatic carbocycles. The van der Waals surface area contributed by atoms with Gasteiger partial charge in [0.25, 0.3) is 5.89 Å². The minimum absolute atomic E-state index is 0.0760. The molecule has 0 bridgehead atoms. The molecule has 0 amide bonds. The molecule has 35 heavy (non-hydrogen) atoms. The summed E-state index contributed by atoms with van der Waals surface area (Å²) >= 11 is 0. The zero-order valence-corrected chi connectivity index (χ0v) is 20.3.